The van der Waals surface area contributed by atoms with Gasteiger partial charge in [0.2, 0.25) is 0 Å². The van der Waals surface area contributed by atoms with Crippen molar-refractivity contribution >= 4 is 21.6 Å². The molecule has 3 fully saturated rings. The van der Waals surface area contributed by atoms with E-state index in [-0.39, 0.29) is 5.56 Å². The Balaban J connectivity index is 1.52. The van der Waals surface area contributed by atoms with Crippen LogP contribution in [-0.4, -0.2) is 20.8 Å². The van der Waals surface area contributed by atoms with Crippen molar-refractivity contribution in [3.8, 4) is 0 Å². The van der Waals surface area contributed by atoms with Crippen LogP contribution in [0, 0.1) is 23.2 Å². The number of aromatic nitrogens is 3. The molecular weight excluding hydrogens is 392 g/mol. The highest BCUT2D eigenvalue weighted by Crippen LogP contribution is 2.61. The lowest BCUT2D eigenvalue weighted by Crippen LogP contribution is -2.58. The van der Waals surface area contributed by atoms with Crippen LogP contribution in [0.4, 0.5) is 5.69 Å². The molecule has 138 valence electrons. The van der Waals surface area contributed by atoms with Crippen LogP contribution >= 0.6 is 15.9 Å². The minimum absolute atomic E-state index is 0.130. The third kappa shape index (κ3) is 2.88. The smallest absolute Gasteiger partial charge is 0.283 e. The first-order valence-electron chi connectivity index (χ1n) is 9.30. The Bertz CT molecular complexity index is 864. The Morgan fingerprint density at radius 2 is 2.15 bits per heavy atom. The molecule has 1 N–H and O–H groups in total. The van der Waals surface area contributed by atoms with Crippen LogP contribution in [0.25, 0.3) is 0 Å². The molecule has 6 heteroatoms. The van der Waals surface area contributed by atoms with Gasteiger partial charge in [0.15, 0.2) is 0 Å². The molecular formula is C20H25BrN4O. The molecule has 2 heterocycles. The number of nitrogens with zero attached hydrogens (tertiary/aromatic N) is 3. The summed E-state index contributed by atoms with van der Waals surface area (Å²) in [6, 6.07) is 6.07. The van der Waals surface area contributed by atoms with E-state index in [4.69, 9.17) is 0 Å². The maximum Gasteiger partial charge on any atom is 0.283 e. The van der Waals surface area contributed by atoms with Crippen molar-refractivity contribution < 1.29 is 0 Å². The molecule has 0 amide bonds. The maximum absolute atomic E-state index is 12.7. The van der Waals surface area contributed by atoms with Crippen LogP contribution in [0.2, 0.25) is 0 Å². The van der Waals surface area contributed by atoms with Crippen LogP contribution < -0.4 is 10.9 Å². The highest BCUT2D eigenvalue weighted by molar-refractivity contribution is 9.10. The molecule has 2 bridgehead atoms. The largest absolute Gasteiger partial charge is 0.380 e. The maximum atomic E-state index is 12.7. The van der Waals surface area contributed by atoms with Crippen LogP contribution in [0.3, 0.4) is 0 Å². The minimum atomic E-state index is -0.130. The summed E-state index contributed by atoms with van der Waals surface area (Å²) in [4.78, 5) is 16.9. The van der Waals surface area contributed by atoms with Crippen molar-refractivity contribution in [2.24, 2.45) is 23.2 Å². The van der Waals surface area contributed by atoms with E-state index in [2.05, 4.69) is 52.1 Å². The average molecular weight is 417 g/mol. The van der Waals surface area contributed by atoms with Gasteiger partial charge >= 0.3 is 0 Å². The third-order valence-corrected chi connectivity index (χ3v) is 7.48. The van der Waals surface area contributed by atoms with Crippen LogP contribution in [-0.2, 0) is 6.54 Å². The van der Waals surface area contributed by atoms with Gasteiger partial charge in [0.05, 0.1) is 24.1 Å². The van der Waals surface area contributed by atoms with Gasteiger partial charge in [-0.25, -0.2) is 4.68 Å². The number of halogens is 1. The standard InChI is InChI=1S/C20H25BrN4O/c1-12-15-8-13(20(15,2)3)9-16(12)24-17-10-23-25(19(26)18(17)21)11-14-6-4-5-7-22-14/h4-7,10,12-13,15-16,24H,8-9,11H2,1-3H3/t12-,13-,15+,16-/m1/s1. The number of pyridine rings is 1. The summed E-state index contributed by atoms with van der Waals surface area (Å²) in [5.74, 6) is 2.13. The molecule has 5 rings (SSSR count). The van der Waals surface area contributed by atoms with E-state index in [0.717, 1.165) is 29.6 Å². The first-order chi connectivity index (χ1) is 12.4. The summed E-state index contributed by atoms with van der Waals surface area (Å²) in [6.07, 6.45) is 5.99. The van der Waals surface area contributed by atoms with Crippen molar-refractivity contribution in [3.05, 3.63) is 51.1 Å². The molecule has 0 aromatic carbocycles. The van der Waals surface area contributed by atoms with Gasteiger partial charge in [0, 0.05) is 12.2 Å². The fourth-order valence-electron chi connectivity index (χ4n) is 4.86. The monoisotopic (exact) mass is 416 g/mol. The number of fused-ring (bicyclic) bond motifs is 2. The Morgan fingerprint density at radius 1 is 1.35 bits per heavy atom. The van der Waals surface area contributed by atoms with E-state index in [0.29, 0.717) is 28.4 Å². The lowest BCUT2D eigenvalue weighted by molar-refractivity contribution is -0.105. The van der Waals surface area contributed by atoms with Crippen LogP contribution in [0.5, 0.6) is 0 Å². The molecule has 3 saturated carbocycles. The third-order valence-electron chi connectivity index (χ3n) is 6.72. The SMILES string of the molecule is C[C@H]1[C@H](Nc2cnn(Cc3ccccn3)c(=O)c2Br)C[C@H]2C[C@@H]1C2(C)C. The molecule has 5 nitrogen and oxygen atoms in total. The predicted octanol–water partition coefficient (Wildman–Crippen LogP) is 3.93. The molecule has 0 unspecified atom stereocenters. The second-order valence-electron chi connectivity index (χ2n) is 8.36. The lowest BCUT2D eigenvalue weighted by atomic mass is 9.45. The van der Waals surface area contributed by atoms with Crippen molar-refractivity contribution in [1.29, 1.82) is 0 Å². The second-order valence-corrected chi connectivity index (χ2v) is 9.16. The van der Waals surface area contributed by atoms with Gasteiger partial charge in [-0.05, 0) is 64.1 Å². The van der Waals surface area contributed by atoms with Gasteiger partial charge in [0.25, 0.3) is 5.56 Å². The molecule has 2 aromatic rings. The minimum Gasteiger partial charge on any atom is -0.380 e. The van der Waals surface area contributed by atoms with E-state index in [1.807, 2.05) is 18.2 Å². The Labute approximate surface area is 162 Å². The number of anilines is 1. The summed E-state index contributed by atoms with van der Waals surface area (Å²) >= 11 is 3.48. The number of hydrogen-bond donors (Lipinski definition) is 1. The topological polar surface area (TPSA) is 59.8 Å². The molecule has 0 saturated heterocycles. The molecule has 3 aliphatic carbocycles. The van der Waals surface area contributed by atoms with Gasteiger partial charge in [-0.1, -0.05) is 26.8 Å². The zero-order valence-electron chi connectivity index (χ0n) is 15.4. The molecule has 0 radical (unpaired) electrons. The number of rotatable bonds is 4. The molecule has 26 heavy (non-hydrogen) atoms. The van der Waals surface area contributed by atoms with E-state index in [1.54, 1.807) is 12.4 Å². The van der Waals surface area contributed by atoms with Gasteiger partial charge in [0.1, 0.15) is 4.47 Å². The van der Waals surface area contributed by atoms with Gasteiger partial charge in [-0.15, -0.1) is 0 Å². The fourth-order valence-corrected chi connectivity index (χ4v) is 5.29. The summed E-state index contributed by atoms with van der Waals surface area (Å²) < 4.78 is 2.00. The van der Waals surface area contributed by atoms with Crippen molar-refractivity contribution in [2.75, 3.05) is 5.32 Å². The van der Waals surface area contributed by atoms with E-state index in [9.17, 15) is 4.79 Å². The molecule has 0 spiro atoms. The number of hydrogen-bond acceptors (Lipinski definition) is 4. The lowest BCUT2D eigenvalue weighted by Gasteiger charge is -2.62. The van der Waals surface area contributed by atoms with Gasteiger partial charge < -0.3 is 5.32 Å². The summed E-state index contributed by atoms with van der Waals surface area (Å²) in [7, 11) is 0. The molecule has 3 aliphatic rings. The molecule has 4 atom stereocenters. The Hall–Kier alpha value is -1.69. The van der Waals surface area contributed by atoms with E-state index < -0.39 is 0 Å². The summed E-state index contributed by atoms with van der Waals surface area (Å²) in [6.45, 7) is 7.50. The van der Waals surface area contributed by atoms with Crippen LogP contribution in [0.15, 0.2) is 39.9 Å². The first-order valence-corrected chi connectivity index (χ1v) is 10.1. The fraction of sp³-hybridized carbons (Fsp3) is 0.550. The van der Waals surface area contributed by atoms with Crippen molar-refractivity contribution in [2.45, 2.75) is 46.2 Å². The average Bonchev–Trinajstić information content (AvgIpc) is 2.63. The predicted molar refractivity (Wildman–Crippen MR) is 106 cm³/mol. The highest BCUT2D eigenvalue weighted by atomic mass is 79.9. The zero-order chi connectivity index (χ0) is 18.5. The first kappa shape index (κ1) is 17.7. The van der Waals surface area contributed by atoms with Gasteiger partial charge in [-0.2, -0.15) is 5.10 Å². The second kappa shape index (κ2) is 6.48. The molecule has 2 aromatic heterocycles. The number of nitrogens with one attached hydrogen (secondary N) is 1. The summed E-state index contributed by atoms with van der Waals surface area (Å²) in [5, 5.41) is 7.95. The van der Waals surface area contributed by atoms with Crippen molar-refractivity contribution in [1.82, 2.24) is 14.8 Å². The Kier molecular flexibility index (Phi) is 4.41. The Morgan fingerprint density at radius 3 is 2.81 bits per heavy atom. The van der Waals surface area contributed by atoms with E-state index >= 15 is 0 Å². The summed E-state index contributed by atoms with van der Waals surface area (Å²) in [5.41, 5.74) is 1.94. The van der Waals surface area contributed by atoms with Crippen molar-refractivity contribution in [3.63, 3.8) is 0 Å². The van der Waals surface area contributed by atoms with E-state index in [1.165, 1.54) is 11.1 Å². The zero-order valence-corrected chi connectivity index (χ0v) is 17.0. The normalized spacial score (nSPS) is 29.1. The quantitative estimate of drug-likeness (QED) is 0.819. The van der Waals surface area contributed by atoms with Crippen LogP contribution in [0.1, 0.15) is 39.3 Å². The molecule has 0 aliphatic heterocycles. The highest BCUT2D eigenvalue weighted by Gasteiger charge is 2.56. The van der Waals surface area contributed by atoms with Gasteiger partial charge in [-0.3, -0.25) is 9.78 Å².